The van der Waals surface area contributed by atoms with Crippen LogP contribution in [0.4, 0.5) is 5.82 Å². The Balaban J connectivity index is 1.79. The van der Waals surface area contributed by atoms with Crippen LogP contribution in [0.2, 0.25) is 0 Å². The highest BCUT2D eigenvalue weighted by atomic mass is 16.5. The molecule has 3 aromatic rings. The highest BCUT2D eigenvalue weighted by Gasteiger charge is 2.30. The summed E-state index contributed by atoms with van der Waals surface area (Å²) >= 11 is 0. The fourth-order valence-corrected chi connectivity index (χ4v) is 3.46. The first-order valence-electron chi connectivity index (χ1n) is 8.97. The van der Waals surface area contributed by atoms with E-state index in [2.05, 4.69) is 29.9 Å². The van der Waals surface area contributed by atoms with Gasteiger partial charge in [0.1, 0.15) is 29.8 Å². The zero-order chi connectivity index (χ0) is 18.1. The van der Waals surface area contributed by atoms with Gasteiger partial charge in [-0.2, -0.15) is 14.9 Å². The molecular weight excluding hydrogens is 326 g/mol. The molecule has 0 N–H and O–H groups in total. The molecule has 1 aliphatic heterocycles. The molecule has 0 radical (unpaired) electrons. The summed E-state index contributed by atoms with van der Waals surface area (Å²) in [4.78, 5) is 7.10. The van der Waals surface area contributed by atoms with E-state index in [4.69, 9.17) is 9.72 Å². The molecule has 1 atom stereocenters. The van der Waals surface area contributed by atoms with Gasteiger partial charge in [-0.25, -0.2) is 4.98 Å². The molecule has 1 aromatic carbocycles. The number of hydrogen-bond donors (Lipinski definition) is 0. The van der Waals surface area contributed by atoms with Crippen molar-refractivity contribution in [2.45, 2.75) is 39.3 Å². The summed E-state index contributed by atoms with van der Waals surface area (Å²) < 4.78 is 7.76. The Morgan fingerprint density at radius 3 is 2.85 bits per heavy atom. The summed E-state index contributed by atoms with van der Waals surface area (Å²) in [6, 6.07) is 12.3. The van der Waals surface area contributed by atoms with Gasteiger partial charge in [0.25, 0.3) is 0 Å². The number of nitriles is 1. The fraction of sp³-hybridized carbons (Fsp3) is 0.350. The fourth-order valence-electron chi connectivity index (χ4n) is 3.46. The van der Waals surface area contributed by atoms with E-state index in [1.165, 1.54) is 5.56 Å². The van der Waals surface area contributed by atoms with Crippen molar-refractivity contribution in [2.75, 3.05) is 11.4 Å². The van der Waals surface area contributed by atoms with E-state index in [1.807, 2.05) is 34.8 Å². The van der Waals surface area contributed by atoms with Gasteiger partial charge in [-0.05, 0) is 31.9 Å². The van der Waals surface area contributed by atoms with Crippen molar-refractivity contribution >= 4 is 11.5 Å². The van der Waals surface area contributed by atoms with Crippen LogP contribution >= 0.6 is 0 Å². The maximum absolute atomic E-state index is 9.40. The number of aromatic nitrogens is 3. The molecule has 0 aliphatic carbocycles. The van der Waals surface area contributed by atoms with Crippen molar-refractivity contribution in [3.05, 3.63) is 53.3 Å². The maximum Gasteiger partial charge on any atom is 0.175 e. The Hall–Kier alpha value is -3.07. The van der Waals surface area contributed by atoms with Crippen molar-refractivity contribution in [3.8, 4) is 11.8 Å². The number of rotatable bonds is 5. The quantitative estimate of drug-likeness (QED) is 0.708. The largest absolute Gasteiger partial charge is 0.487 e. The molecule has 0 fully saturated rings. The number of hydrogen-bond acceptors (Lipinski definition) is 5. The standard InChI is InChI=1S/C20H21N5O/c1-3-14(2)24-10-9-17-18(13-26-16-7-5-4-6-8-16)23-19-15(11-21)12-22-25(19)20(17)24/h4-8,12,14H,3,9-10,13H2,1-2H3. The van der Waals surface area contributed by atoms with Crippen LogP contribution in [-0.4, -0.2) is 27.2 Å². The number of anilines is 1. The van der Waals surface area contributed by atoms with Crippen LogP contribution in [0.15, 0.2) is 36.5 Å². The van der Waals surface area contributed by atoms with Gasteiger partial charge in [0.05, 0.1) is 11.9 Å². The molecular formula is C20H21N5O. The van der Waals surface area contributed by atoms with Gasteiger partial charge in [-0.15, -0.1) is 0 Å². The van der Waals surface area contributed by atoms with E-state index in [0.717, 1.165) is 36.6 Å². The minimum absolute atomic E-state index is 0.382. The molecule has 0 amide bonds. The van der Waals surface area contributed by atoms with Gasteiger partial charge < -0.3 is 9.64 Å². The van der Waals surface area contributed by atoms with E-state index in [1.54, 1.807) is 6.20 Å². The van der Waals surface area contributed by atoms with Gasteiger partial charge in [-0.3, -0.25) is 0 Å². The van der Waals surface area contributed by atoms with Crippen molar-refractivity contribution in [1.29, 1.82) is 5.26 Å². The number of fused-ring (bicyclic) bond motifs is 3. The highest BCUT2D eigenvalue weighted by molar-refractivity contribution is 5.65. The molecule has 0 saturated carbocycles. The Morgan fingerprint density at radius 2 is 2.12 bits per heavy atom. The van der Waals surface area contributed by atoms with Crippen LogP contribution in [0.1, 0.15) is 37.1 Å². The SMILES string of the molecule is CCC(C)N1CCc2c(COc3ccccc3)nc3c(C#N)cnn3c21. The summed E-state index contributed by atoms with van der Waals surface area (Å²) in [6.07, 6.45) is 3.56. The Labute approximate surface area is 152 Å². The van der Waals surface area contributed by atoms with E-state index in [0.29, 0.717) is 23.9 Å². The molecule has 0 bridgehead atoms. The molecule has 6 heteroatoms. The van der Waals surface area contributed by atoms with Gasteiger partial charge in [0.15, 0.2) is 5.65 Å². The summed E-state index contributed by atoms with van der Waals surface area (Å²) in [7, 11) is 0. The predicted octanol–water partition coefficient (Wildman–Crippen LogP) is 3.34. The van der Waals surface area contributed by atoms with Crippen LogP contribution in [0.25, 0.3) is 5.65 Å². The smallest absolute Gasteiger partial charge is 0.175 e. The second-order valence-corrected chi connectivity index (χ2v) is 6.57. The molecule has 132 valence electrons. The molecule has 1 aliphatic rings. The lowest BCUT2D eigenvalue weighted by molar-refractivity contribution is 0.300. The summed E-state index contributed by atoms with van der Waals surface area (Å²) in [5.74, 6) is 1.87. The minimum Gasteiger partial charge on any atom is -0.487 e. The first kappa shape index (κ1) is 16.4. The number of para-hydroxylation sites is 1. The van der Waals surface area contributed by atoms with Gasteiger partial charge in [-0.1, -0.05) is 25.1 Å². The van der Waals surface area contributed by atoms with Gasteiger partial charge in [0.2, 0.25) is 0 Å². The first-order valence-corrected chi connectivity index (χ1v) is 8.97. The highest BCUT2D eigenvalue weighted by Crippen LogP contribution is 2.33. The Morgan fingerprint density at radius 1 is 1.31 bits per heavy atom. The normalized spacial score (nSPS) is 14.3. The minimum atomic E-state index is 0.382. The number of benzene rings is 1. The number of nitrogens with zero attached hydrogens (tertiary/aromatic N) is 5. The lowest BCUT2D eigenvalue weighted by Gasteiger charge is -2.26. The first-order chi connectivity index (χ1) is 12.7. The van der Waals surface area contributed by atoms with Crippen LogP contribution in [-0.2, 0) is 13.0 Å². The van der Waals surface area contributed by atoms with E-state index < -0.39 is 0 Å². The van der Waals surface area contributed by atoms with Gasteiger partial charge in [0, 0.05) is 18.2 Å². The van der Waals surface area contributed by atoms with Crippen molar-refractivity contribution < 1.29 is 4.74 Å². The van der Waals surface area contributed by atoms with Crippen LogP contribution in [0, 0.1) is 11.3 Å². The van der Waals surface area contributed by atoms with Crippen LogP contribution in [0.5, 0.6) is 5.75 Å². The zero-order valence-electron chi connectivity index (χ0n) is 15.0. The lowest BCUT2D eigenvalue weighted by atomic mass is 10.2. The number of ether oxygens (including phenoxy) is 1. The monoisotopic (exact) mass is 347 g/mol. The lowest BCUT2D eigenvalue weighted by Crippen LogP contribution is -2.32. The van der Waals surface area contributed by atoms with Crippen molar-refractivity contribution in [3.63, 3.8) is 0 Å². The molecule has 6 nitrogen and oxygen atoms in total. The topological polar surface area (TPSA) is 66.5 Å². The summed E-state index contributed by atoms with van der Waals surface area (Å²) in [6.45, 7) is 5.72. The van der Waals surface area contributed by atoms with Crippen LogP contribution < -0.4 is 9.64 Å². The summed E-state index contributed by atoms with van der Waals surface area (Å²) in [5.41, 5.74) is 3.15. The molecule has 0 saturated heterocycles. The average Bonchev–Trinajstić information content (AvgIpc) is 3.30. The Bertz CT molecular complexity index is 973. The van der Waals surface area contributed by atoms with E-state index in [-0.39, 0.29) is 0 Å². The molecule has 1 unspecified atom stereocenters. The predicted molar refractivity (Wildman–Crippen MR) is 99.3 cm³/mol. The van der Waals surface area contributed by atoms with E-state index in [9.17, 15) is 5.26 Å². The van der Waals surface area contributed by atoms with Gasteiger partial charge >= 0.3 is 0 Å². The third kappa shape index (κ3) is 2.66. The second-order valence-electron chi connectivity index (χ2n) is 6.57. The third-order valence-corrected chi connectivity index (χ3v) is 5.04. The molecule has 3 heterocycles. The molecule has 0 spiro atoms. The summed E-state index contributed by atoms with van der Waals surface area (Å²) in [5, 5.41) is 13.8. The zero-order valence-corrected chi connectivity index (χ0v) is 15.0. The average molecular weight is 347 g/mol. The van der Waals surface area contributed by atoms with Crippen LogP contribution in [0.3, 0.4) is 0 Å². The van der Waals surface area contributed by atoms with Crippen molar-refractivity contribution in [2.24, 2.45) is 0 Å². The third-order valence-electron chi connectivity index (χ3n) is 5.04. The molecule has 26 heavy (non-hydrogen) atoms. The van der Waals surface area contributed by atoms with E-state index >= 15 is 0 Å². The van der Waals surface area contributed by atoms with Crippen molar-refractivity contribution in [1.82, 2.24) is 14.6 Å². The second kappa shape index (κ2) is 6.68. The Kier molecular flexibility index (Phi) is 4.21. The molecule has 2 aromatic heterocycles. The molecule has 4 rings (SSSR count). The maximum atomic E-state index is 9.40.